The van der Waals surface area contributed by atoms with Gasteiger partial charge in [-0.05, 0) is 12.3 Å². The molecule has 0 bridgehead atoms. The van der Waals surface area contributed by atoms with E-state index < -0.39 is 0 Å². The van der Waals surface area contributed by atoms with Crippen molar-refractivity contribution in [3.05, 3.63) is 12.7 Å². The fourth-order valence-corrected chi connectivity index (χ4v) is 1.28. The molecule has 0 aliphatic carbocycles. The second-order valence-electron chi connectivity index (χ2n) is 1.50. The molecule has 1 atom stereocenters. The fourth-order valence-electron chi connectivity index (χ4n) is 0.477. The summed E-state index contributed by atoms with van der Waals surface area (Å²) in [6.07, 6.45) is 3.87. The Balaban J connectivity index is 2.72. The van der Waals surface area contributed by atoms with Crippen LogP contribution in [0.3, 0.4) is 0 Å². The van der Waals surface area contributed by atoms with Gasteiger partial charge in [-0.15, -0.1) is 5.10 Å². The Kier molecular flexibility index (Phi) is 1.48. The van der Waals surface area contributed by atoms with Crippen LogP contribution in [0, 0.1) is 0 Å². The van der Waals surface area contributed by atoms with Crippen molar-refractivity contribution in [1.29, 1.82) is 0 Å². The quantitative estimate of drug-likeness (QED) is 0.513. The number of thiol groups is 1. The predicted molar refractivity (Wildman–Crippen MR) is 41.0 cm³/mol. The maximum atomic E-state index is 3.83. The fraction of sp³-hybridized carbons (Fsp3) is 0.200. The van der Waals surface area contributed by atoms with Crippen LogP contribution in [0.1, 0.15) is 0 Å². The zero-order valence-electron chi connectivity index (χ0n) is 4.70. The second kappa shape index (κ2) is 2.13. The van der Waals surface area contributed by atoms with Gasteiger partial charge in [-0.3, -0.25) is 0 Å². The summed E-state index contributed by atoms with van der Waals surface area (Å²) in [5, 5.41) is 8.60. The van der Waals surface area contributed by atoms with E-state index >= 15 is 0 Å². The van der Waals surface area contributed by atoms with Crippen LogP contribution in [0.2, 0.25) is 0 Å². The molecule has 0 aromatic rings. The monoisotopic (exact) mass is 128 g/mol. The van der Waals surface area contributed by atoms with E-state index in [1.54, 1.807) is 6.08 Å². The molecular weight excluding hydrogens is 120 g/mol. The summed E-state index contributed by atoms with van der Waals surface area (Å²) in [5.74, 6) is 0. The molecule has 0 fully saturated rings. The van der Waals surface area contributed by atoms with Crippen LogP contribution in [0.25, 0.3) is 0 Å². The highest BCUT2D eigenvalue weighted by Gasteiger charge is 2.02. The minimum Gasteiger partial charge on any atom is -0.173 e. The summed E-state index contributed by atoms with van der Waals surface area (Å²) in [6, 6.07) is 0. The van der Waals surface area contributed by atoms with Gasteiger partial charge in [0.2, 0.25) is 0 Å². The normalized spacial score (nSPS) is 30.1. The molecule has 0 amide bonds. The molecule has 0 aromatic heterocycles. The largest absolute Gasteiger partial charge is 0.173 e. The Labute approximate surface area is 51.4 Å². The van der Waals surface area contributed by atoms with Gasteiger partial charge in [-0.2, -0.15) is 16.0 Å². The molecule has 0 aromatic carbocycles. The number of nitrogens with zero attached hydrogens (tertiary/aromatic N) is 2. The van der Waals surface area contributed by atoms with Crippen molar-refractivity contribution in [3.8, 4) is 0 Å². The van der Waals surface area contributed by atoms with Crippen molar-refractivity contribution in [2.75, 3.05) is 6.26 Å². The number of hydrogen-bond acceptors (Lipinski definition) is 2. The van der Waals surface area contributed by atoms with Crippen LogP contribution in [0.15, 0.2) is 22.9 Å². The van der Waals surface area contributed by atoms with Gasteiger partial charge >= 0.3 is 0 Å². The Morgan fingerprint density at radius 1 is 1.88 bits per heavy atom. The second-order valence-corrected chi connectivity index (χ2v) is 3.42. The third-order valence-electron chi connectivity index (χ3n) is 0.929. The Morgan fingerprint density at radius 2 is 2.62 bits per heavy atom. The zero-order valence-corrected chi connectivity index (χ0v) is 5.60. The van der Waals surface area contributed by atoms with Crippen molar-refractivity contribution >= 4 is 21.5 Å². The summed E-state index contributed by atoms with van der Waals surface area (Å²) in [5.41, 5.74) is 1.87. The first kappa shape index (κ1) is 5.56. The van der Waals surface area contributed by atoms with Crippen LogP contribution in [-0.4, -0.2) is 16.8 Å². The van der Waals surface area contributed by atoms with Crippen LogP contribution in [0.4, 0.5) is 0 Å². The molecule has 0 saturated carbocycles. The highest BCUT2D eigenvalue weighted by atomic mass is 32.2. The van der Waals surface area contributed by atoms with Crippen LogP contribution in [0.5, 0.6) is 0 Å². The van der Waals surface area contributed by atoms with Gasteiger partial charge in [0, 0.05) is 0 Å². The average Bonchev–Trinajstić information content (AvgIpc) is 2.14. The minimum absolute atomic E-state index is 0.188. The summed E-state index contributed by atoms with van der Waals surface area (Å²) in [7, 11) is -0.188. The highest BCUT2D eigenvalue weighted by Crippen LogP contribution is 2.23. The molecule has 0 saturated heterocycles. The predicted octanol–water partition coefficient (Wildman–Crippen LogP) is 1.16. The molecule has 2 nitrogen and oxygen atoms in total. The first-order valence-electron chi connectivity index (χ1n) is 2.31. The van der Waals surface area contributed by atoms with E-state index in [2.05, 4.69) is 23.0 Å². The maximum Gasteiger partial charge on any atom is 0.103 e. The van der Waals surface area contributed by atoms with Gasteiger partial charge in [0.05, 0.1) is 5.55 Å². The standard InChI is InChI=1S/C5H8N2S/c1-3-5-7-6-4-8(5)2/h3-4,8H,1H2,2H3. The Morgan fingerprint density at radius 3 is 2.88 bits per heavy atom. The van der Waals surface area contributed by atoms with Crippen molar-refractivity contribution in [2.24, 2.45) is 10.2 Å². The molecule has 0 spiro atoms. The third kappa shape index (κ3) is 0.816. The van der Waals surface area contributed by atoms with Gasteiger partial charge in [0.15, 0.2) is 0 Å². The molecular formula is C5H8N2S. The van der Waals surface area contributed by atoms with Crippen molar-refractivity contribution in [1.82, 2.24) is 0 Å². The smallest absolute Gasteiger partial charge is 0.103 e. The van der Waals surface area contributed by atoms with Gasteiger partial charge in [0.25, 0.3) is 0 Å². The average molecular weight is 128 g/mol. The lowest BCUT2D eigenvalue weighted by atomic mass is 10.7. The summed E-state index contributed by atoms with van der Waals surface area (Å²) in [6.45, 7) is 3.60. The Hall–Kier alpha value is -0.570. The van der Waals surface area contributed by atoms with Gasteiger partial charge in [-0.1, -0.05) is 6.58 Å². The maximum absolute atomic E-state index is 3.83. The Bertz CT molecular complexity index is 160. The summed E-state index contributed by atoms with van der Waals surface area (Å²) < 4.78 is 0. The molecule has 44 valence electrons. The van der Waals surface area contributed by atoms with Crippen molar-refractivity contribution in [2.45, 2.75) is 0 Å². The van der Waals surface area contributed by atoms with Gasteiger partial charge < -0.3 is 0 Å². The van der Waals surface area contributed by atoms with E-state index in [1.807, 2.05) is 5.55 Å². The SMILES string of the molecule is C=CC1=NN=C[SH]1C. The van der Waals surface area contributed by atoms with Crippen LogP contribution < -0.4 is 0 Å². The lowest BCUT2D eigenvalue weighted by Crippen LogP contribution is -1.86. The lowest BCUT2D eigenvalue weighted by Gasteiger charge is -1.99. The van der Waals surface area contributed by atoms with E-state index in [0.717, 1.165) is 5.04 Å². The van der Waals surface area contributed by atoms with E-state index in [4.69, 9.17) is 0 Å². The third-order valence-corrected chi connectivity index (χ3v) is 2.37. The molecule has 1 aliphatic heterocycles. The molecule has 1 unspecified atom stereocenters. The summed E-state index contributed by atoms with van der Waals surface area (Å²) >= 11 is 0. The van der Waals surface area contributed by atoms with Crippen LogP contribution >= 0.6 is 10.9 Å². The van der Waals surface area contributed by atoms with Crippen molar-refractivity contribution < 1.29 is 0 Å². The molecule has 1 rings (SSSR count). The van der Waals surface area contributed by atoms with Gasteiger partial charge in [0.1, 0.15) is 5.04 Å². The van der Waals surface area contributed by atoms with E-state index in [9.17, 15) is 0 Å². The first-order valence-corrected chi connectivity index (χ1v) is 4.17. The lowest BCUT2D eigenvalue weighted by molar-refractivity contribution is 1.28. The molecule has 0 radical (unpaired) electrons. The first-order chi connectivity index (χ1) is 3.84. The molecule has 3 heteroatoms. The summed E-state index contributed by atoms with van der Waals surface area (Å²) in [4.78, 5) is 0. The zero-order chi connectivity index (χ0) is 5.98. The van der Waals surface area contributed by atoms with E-state index in [0.29, 0.717) is 0 Å². The van der Waals surface area contributed by atoms with E-state index in [1.165, 1.54) is 0 Å². The highest BCUT2D eigenvalue weighted by molar-refractivity contribution is 8.40. The number of hydrogen-bond donors (Lipinski definition) is 1. The minimum atomic E-state index is -0.188. The molecule has 1 heterocycles. The topological polar surface area (TPSA) is 24.7 Å². The van der Waals surface area contributed by atoms with Crippen LogP contribution in [-0.2, 0) is 0 Å². The van der Waals surface area contributed by atoms with E-state index in [-0.39, 0.29) is 10.9 Å². The van der Waals surface area contributed by atoms with Gasteiger partial charge in [-0.25, -0.2) is 0 Å². The number of rotatable bonds is 1. The molecule has 8 heavy (non-hydrogen) atoms. The van der Waals surface area contributed by atoms with Crippen molar-refractivity contribution in [3.63, 3.8) is 0 Å². The molecule has 0 N–H and O–H groups in total. The molecule has 1 aliphatic rings.